The van der Waals surface area contributed by atoms with Gasteiger partial charge in [-0.15, -0.1) is 0 Å². The van der Waals surface area contributed by atoms with Crippen LogP contribution in [0.4, 0.5) is 5.69 Å². The van der Waals surface area contributed by atoms with Gasteiger partial charge < -0.3 is 5.11 Å². The fourth-order valence-corrected chi connectivity index (χ4v) is 1.40. The first kappa shape index (κ1) is 12.1. The van der Waals surface area contributed by atoms with Crippen molar-refractivity contribution in [1.82, 2.24) is 0 Å². The third-order valence-corrected chi connectivity index (χ3v) is 2.36. The largest absolute Gasteiger partial charge is 0.506 e. The predicted molar refractivity (Wildman–Crippen MR) is 57.6 cm³/mol. The van der Waals surface area contributed by atoms with Gasteiger partial charge >= 0.3 is 0 Å². The van der Waals surface area contributed by atoms with Gasteiger partial charge in [-0.1, -0.05) is 15.9 Å². The van der Waals surface area contributed by atoms with Gasteiger partial charge in [-0.3, -0.25) is 14.9 Å². The summed E-state index contributed by atoms with van der Waals surface area (Å²) < 4.78 is 0. The number of nitriles is 1. The smallest absolute Gasteiger partial charge is 0.271 e. The lowest BCUT2D eigenvalue weighted by atomic mass is 10.1. The van der Waals surface area contributed by atoms with Gasteiger partial charge in [-0.05, 0) is 0 Å². The number of carbonyl (C=O) groups excluding carboxylic acids is 1. The molecular formula is C9H5BrN2O4. The van der Waals surface area contributed by atoms with E-state index in [0.717, 1.165) is 12.1 Å². The number of ketones is 1. The van der Waals surface area contributed by atoms with E-state index in [4.69, 9.17) is 5.26 Å². The van der Waals surface area contributed by atoms with Crippen molar-refractivity contribution in [3.05, 3.63) is 33.4 Å². The summed E-state index contributed by atoms with van der Waals surface area (Å²) in [5.41, 5.74) is -0.931. The van der Waals surface area contributed by atoms with E-state index in [1.54, 1.807) is 6.07 Å². The van der Waals surface area contributed by atoms with Crippen LogP contribution in [-0.2, 0) is 0 Å². The number of carbonyl (C=O) groups is 1. The van der Waals surface area contributed by atoms with Gasteiger partial charge in [0, 0.05) is 12.1 Å². The minimum atomic E-state index is -0.731. The minimum absolute atomic E-state index is 0.0907. The molecule has 0 saturated carbocycles. The van der Waals surface area contributed by atoms with Crippen molar-refractivity contribution in [2.45, 2.75) is 0 Å². The maximum atomic E-state index is 11.3. The molecule has 1 N–H and O–H groups in total. The second-order valence-electron chi connectivity index (χ2n) is 2.82. The number of non-ortho nitro benzene ring substituents is 1. The molecule has 0 aromatic heterocycles. The van der Waals surface area contributed by atoms with Crippen LogP contribution < -0.4 is 0 Å². The summed E-state index contributed by atoms with van der Waals surface area (Å²) >= 11 is 2.88. The summed E-state index contributed by atoms with van der Waals surface area (Å²) in [6, 6.07) is 3.45. The third-order valence-electron chi connectivity index (χ3n) is 1.85. The van der Waals surface area contributed by atoms with Crippen LogP contribution in [0, 0.1) is 21.4 Å². The Morgan fingerprint density at radius 1 is 1.62 bits per heavy atom. The van der Waals surface area contributed by atoms with Crippen LogP contribution in [0.2, 0.25) is 0 Å². The number of rotatable bonds is 3. The van der Waals surface area contributed by atoms with E-state index in [1.165, 1.54) is 0 Å². The summed E-state index contributed by atoms with van der Waals surface area (Å²) in [5, 5.41) is 28.6. The molecule has 0 spiro atoms. The molecule has 1 aromatic rings. The van der Waals surface area contributed by atoms with E-state index in [1.807, 2.05) is 0 Å². The normalized spacial score (nSPS) is 9.50. The predicted octanol–water partition coefficient (Wildman–Crippen LogP) is 1.75. The van der Waals surface area contributed by atoms with Crippen LogP contribution in [0.25, 0.3) is 0 Å². The van der Waals surface area contributed by atoms with Crippen LogP contribution in [-0.4, -0.2) is 21.1 Å². The number of phenolic OH excluding ortho intramolecular Hbond substituents is 1. The average Bonchev–Trinajstić information content (AvgIpc) is 2.28. The molecule has 1 aromatic carbocycles. The van der Waals surface area contributed by atoms with Crippen LogP contribution in [0.15, 0.2) is 12.1 Å². The van der Waals surface area contributed by atoms with Crippen LogP contribution in [0.5, 0.6) is 5.75 Å². The van der Waals surface area contributed by atoms with E-state index in [2.05, 4.69) is 15.9 Å². The van der Waals surface area contributed by atoms with Gasteiger partial charge in [0.15, 0.2) is 5.78 Å². The zero-order chi connectivity index (χ0) is 12.3. The fourth-order valence-electron chi connectivity index (χ4n) is 1.09. The highest BCUT2D eigenvalue weighted by molar-refractivity contribution is 9.09. The lowest BCUT2D eigenvalue weighted by Gasteiger charge is -2.03. The highest BCUT2D eigenvalue weighted by atomic mass is 79.9. The lowest BCUT2D eigenvalue weighted by Crippen LogP contribution is -2.03. The highest BCUT2D eigenvalue weighted by Crippen LogP contribution is 2.28. The Labute approximate surface area is 98.4 Å². The van der Waals surface area contributed by atoms with Crippen LogP contribution in [0.1, 0.15) is 15.9 Å². The molecule has 0 saturated heterocycles. The molecule has 0 amide bonds. The lowest BCUT2D eigenvalue weighted by molar-refractivity contribution is -0.384. The molecule has 0 unspecified atom stereocenters. The van der Waals surface area contributed by atoms with Crippen LogP contribution >= 0.6 is 15.9 Å². The molecule has 0 aliphatic heterocycles. The van der Waals surface area contributed by atoms with E-state index < -0.39 is 22.1 Å². The quantitative estimate of drug-likeness (QED) is 0.394. The first-order valence-corrected chi connectivity index (χ1v) is 5.14. The van der Waals surface area contributed by atoms with Crippen molar-refractivity contribution in [3.8, 4) is 11.8 Å². The molecule has 0 atom stereocenters. The van der Waals surface area contributed by atoms with Crippen molar-refractivity contribution >= 4 is 27.4 Å². The van der Waals surface area contributed by atoms with Gasteiger partial charge in [0.1, 0.15) is 17.4 Å². The highest BCUT2D eigenvalue weighted by Gasteiger charge is 2.19. The van der Waals surface area contributed by atoms with E-state index in [-0.39, 0.29) is 16.5 Å². The number of nitro groups is 1. The van der Waals surface area contributed by atoms with Gasteiger partial charge in [0.25, 0.3) is 5.69 Å². The second kappa shape index (κ2) is 4.72. The number of nitro benzene ring substituents is 1. The van der Waals surface area contributed by atoms with Crippen molar-refractivity contribution in [1.29, 1.82) is 5.26 Å². The number of phenols is 1. The molecule has 0 radical (unpaired) electrons. The number of nitrogens with zero attached hydrogens (tertiary/aromatic N) is 2. The minimum Gasteiger partial charge on any atom is -0.506 e. The van der Waals surface area contributed by atoms with Crippen molar-refractivity contribution in [2.75, 3.05) is 5.33 Å². The molecule has 0 aliphatic carbocycles. The number of hydrogen-bond donors (Lipinski definition) is 1. The zero-order valence-corrected chi connectivity index (χ0v) is 9.39. The van der Waals surface area contributed by atoms with E-state index >= 15 is 0 Å². The standard InChI is InChI=1S/C9H5BrN2O4/c10-3-8(13)7-2-6(12(15)16)1-5(4-11)9(7)14/h1-2,14H,3H2. The summed E-state index contributed by atoms with van der Waals surface area (Å²) in [4.78, 5) is 21.1. The second-order valence-corrected chi connectivity index (χ2v) is 3.38. The summed E-state index contributed by atoms with van der Waals surface area (Å²) in [7, 11) is 0. The Hall–Kier alpha value is -1.94. The number of Topliss-reactive ketones (excluding diaryl/α,β-unsaturated/α-hetero) is 1. The molecule has 0 aliphatic rings. The van der Waals surface area contributed by atoms with Gasteiger partial charge in [0.2, 0.25) is 0 Å². The molecule has 82 valence electrons. The van der Waals surface area contributed by atoms with Crippen molar-refractivity contribution < 1.29 is 14.8 Å². The molecule has 16 heavy (non-hydrogen) atoms. The van der Waals surface area contributed by atoms with E-state index in [9.17, 15) is 20.0 Å². The summed E-state index contributed by atoms with van der Waals surface area (Å²) in [5.74, 6) is -1.06. The third kappa shape index (κ3) is 2.17. The Bertz CT molecular complexity index is 507. The SMILES string of the molecule is N#Cc1cc([N+](=O)[O-])cc(C(=O)CBr)c1O. The number of aromatic hydroxyl groups is 1. The first-order valence-electron chi connectivity index (χ1n) is 4.02. The van der Waals surface area contributed by atoms with E-state index in [0.29, 0.717) is 0 Å². The summed E-state index contributed by atoms with van der Waals surface area (Å²) in [6.45, 7) is 0. The van der Waals surface area contributed by atoms with Crippen molar-refractivity contribution in [2.24, 2.45) is 0 Å². The Morgan fingerprint density at radius 2 is 2.25 bits per heavy atom. The number of hydrogen-bond acceptors (Lipinski definition) is 5. The molecule has 7 heteroatoms. The first-order chi connectivity index (χ1) is 7.51. The number of halogens is 1. The van der Waals surface area contributed by atoms with Crippen molar-refractivity contribution in [3.63, 3.8) is 0 Å². The van der Waals surface area contributed by atoms with Crippen LogP contribution in [0.3, 0.4) is 0 Å². The fraction of sp³-hybridized carbons (Fsp3) is 0.111. The van der Waals surface area contributed by atoms with Gasteiger partial charge in [-0.25, -0.2) is 0 Å². The number of alkyl halides is 1. The monoisotopic (exact) mass is 284 g/mol. The molecular weight excluding hydrogens is 280 g/mol. The molecule has 1 rings (SSSR count). The molecule has 0 heterocycles. The van der Waals surface area contributed by atoms with Gasteiger partial charge in [0.05, 0.1) is 15.8 Å². The van der Waals surface area contributed by atoms with Gasteiger partial charge in [-0.2, -0.15) is 5.26 Å². The maximum Gasteiger partial charge on any atom is 0.271 e. The maximum absolute atomic E-state index is 11.3. The average molecular weight is 285 g/mol. The Kier molecular flexibility index (Phi) is 3.58. The number of benzene rings is 1. The Balaban J connectivity index is 3.49. The summed E-state index contributed by atoms with van der Waals surface area (Å²) in [6.07, 6.45) is 0. The molecule has 0 bridgehead atoms. The Morgan fingerprint density at radius 3 is 2.69 bits per heavy atom. The molecule has 0 fully saturated rings. The zero-order valence-electron chi connectivity index (χ0n) is 7.81. The topological polar surface area (TPSA) is 104 Å². The molecule has 6 nitrogen and oxygen atoms in total.